The Bertz CT molecular complexity index is 1280. The summed E-state index contributed by atoms with van der Waals surface area (Å²) in [4.78, 5) is 0. The lowest BCUT2D eigenvalue weighted by Crippen LogP contribution is -2.19. The lowest BCUT2D eigenvalue weighted by Gasteiger charge is -2.28. The molecule has 3 aromatic carbocycles. The average Bonchev–Trinajstić information content (AvgIpc) is 3.62. The van der Waals surface area contributed by atoms with Crippen LogP contribution in [0.4, 0.5) is 4.39 Å². The number of hydrogen-bond acceptors (Lipinski definition) is 5. The van der Waals surface area contributed by atoms with Gasteiger partial charge in [-0.2, -0.15) is 0 Å². The van der Waals surface area contributed by atoms with Gasteiger partial charge >= 0.3 is 0 Å². The van der Waals surface area contributed by atoms with E-state index in [0.29, 0.717) is 24.0 Å². The molecule has 33 heavy (non-hydrogen) atoms. The molecule has 1 aromatic heterocycles. The van der Waals surface area contributed by atoms with Crippen LogP contribution in [0.1, 0.15) is 47.6 Å². The maximum atomic E-state index is 14.4. The molecule has 1 saturated carbocycles. The van der Waals surface area contributed by atoms with Crippen molar-refractivity contribution in [2.45, 2.75) is 42.6 Å². The van der Waals surface area contributed by atoms with Crippen molar-refractivity contribution in [3.05, 3.63) is 101 Å². The summed E-state index contributed by atoms with van der Waals surface area (Å²) in [5.74, 6) is 2.37. The first-order valence-electron chi connectivity index (χ1n) is 11.0. The Morgan fingerprint density at radius 1 is 0.970 bits per heavy atom. The van der Waals surface area contributed by atoms with Gasteiger partial charge in [-0.25, -0.2) is 4.39 Å². The number of ether oxygens (including phenoxy) is 2. The highest BCUT2D eigenvalue weighted by molar-refractivity contribution is 7.98. The van der Waals surface area contributed by atoms with Crippen LogP contribution < -0.4 is 4.74 Å². The molecule has 0 spiro atoms. The van der Waals surface area contributed by atoms with E-state index >= 15 is 0 Å². The van der Waals surface area contributed by atoms with Gasteiger partial charge in [-0.15, -0.1) is 10.2 Å². The molecule has 0 saturated heterocycles. The lowest BCUT2D eigenvalue weighted by atomic mass is 10.1. The van der Waals surface area contributed by atoms with Crippen molar-refractivity contribution in [2.24, 2.45) is 0 Å². The third kappa shape index (κ3) is 4.14. The molecule has 1 aliphatic heterocycles. The van der Waals surface area contributed by atoms with Crippen molar-refractivity contribution >= 4 is 11.8 Å². The van der Waals surface area contributed by atoms with Gasteiger partial charge in [-0.05, 0) is 37.1 Å². The monoisotopic (exact) mass is 459 g/mol. The number of aromatic nitrogens is 3. The van der Waals surface area contributed by atoms with Crippen molar-refractivity contribution in [3.8, 4) is 11.4 Å². The zero-order valence-electron chi connectivity index (χ0n) is 17.9. The van der Waals surface area contributed by atoms with Gasteiger partial charge in [0.05, 0.1) is 6.61 Å². The maximum absolute atomic E-state index is 14.4. The van der Waals surface area contributed by atoms with Gasteiger partial charge < -0.3 is 9.47 Å². The minimum Gasteiger partial charge on any atom is -0.460 e. The third-order valence-electron chi connectivity index (χ3n) is 5.87. The van der Waals surface area contributed by atoms with E-state index in [1.807, 2.05) is 48.5 Å². The zero-order chi connectivity index (χ0) is 22.2. The van der Waals surface area contributed by atoms with E-state index in [4.69, 9.17) is 9.47 Å². The van der Waals surface area contributed by atoms with Crippen molar-refractivity contribution in [2.75, 3.05) is 0 Å². The number of fused-ring (bicyclic) bond motifs is 1. The molecule has 0 bridgehead atoms. The van der Waals surface area contributed by atoms with Crippen LogP contribution in [-0.4, -0.2) is 14.8 Å². The molecule has 6 rings (SSSR count). The van der Waals surface area contributed by atoms with Gasteiger partial charge in [0, 0.05) is 34.0 Å². The first-order valence-corrected chi connectivity index (χ1v) is 12.0. The maximum Gasteiger partial charge on any atom is 0.227 e. The molecule has 1 atom stereocenters. The second-order valence-electron chi connectivity index (χ2n) is 8.30. The van der Waals surface area contributed by atoms with E-state index in [1.54, 1.807) is 17.8 Å². The van der Waals surface area contributed by atoms with Crippen LogP contribution in [0.2, 0.25) is 0 Å². The minimum atomic E-state index is -0.512. The molecule has 0 N–H and O–H groups in total. The van der Waals surface area contributed by atoms with Gasteiger partial charge in [-0.3, -0.25) is 4.57 Å². The Balaban J connectivity index is 1.30. The fourth-order valence-electron chi connectivity index (χ4n) is 4.10. The van der Waals surface area contributed by atoms with Crippen molar-refractivity contribution < 1.29 is 13.9 Å². The zero-order valence-corrected chi connectivity index (χ0v) is 18.7. The van der Waals surface area contributed by atoms with Gasteiger partial charge in [0.25, 0.3) is 0 Å². The number of thioether (sulfide) groups is 1. The van der Waals surface area contributed by atoms with E-state index in [-0.39, 0.29) is 5.82 Å². The molecule has 7 heteroatoms. The summed E-state index contributed by atoms with van der Waals surface area (Å²) in [7, 11) is 0. The second-order valence-corrected chi connectivity index (χ2v) is 9.24. The summed E-state index contributed by atoms with van der Waals surface area (Å²) in [6.07, 6.45) is 1.77. The summed E-state index contributed by atoms with van der Waals surface area (Å²) < 4.78 is 28.6. The Morgan fingerprint density at radius 2 is 1.73 bits per heavy atom. The summed E-state index contributed by atoms with van der Waals surface area (Å²) in [6, 6.07) is 23.0. The lowest BCUT2D eigenvalue weighted by molar-refractivity contribution is -0.112. The molecule has 4 aromatic rings. The van der Waals surface area contributed by atoms with E-state index in [1.165, 1.54) is 6.07 Å². The number of halogens is 1. The van der Waals surface area contributed by atoms with E-state index in [2.05, 4.69) is 26.9 Å². The minimum absolute atomic E-state index is 0.294. The second kappa shape index (κ2) is 8.65. The van der Waals surface area contributed by atoms with Crippen LogP contribution in [-0.2, 0) is 17.1 Å². The van der Waals surface area contributed by atoms with Crippen LogP contribution in [0.15, 0.2) is 78.0 Å². The highest BCUT2D eigenvalue weighted by Gasteiger charge is 2.31. The summed E-state index contributed by atoms with van der Waals surface area (Å²) >= 11 is 1.54. The van der Waals surface area contributed by atoms with Crippen LogP contribution in [0.5, 0.6) is 5.75 Å². The molecule has 0 amide bonds. The largest absolute Gasteiger partial charge is 0.460 e. The summed E-state index contributed by atoms with van der Waals surface area (Å²) in [5, 5.41) is 9.77. The Labute approximate surface area is 195 Å². The highest BCUT2D eigenvalue weighted by atomic mass is 32.2. The van der Waals surface area contributed by atoms with Gasteiger partial charge in [-0.1, -0.05) is 60.3 Å². The topological polar surface area (TPSA) is 49.2 Å². The van der Waals surface area contributed by atoms with Gasteiger partial charge in [0.1, 0.15) is 17.4 Å². The summed E-state index contributed by atoms with van der Waals surface area (Å²) in [5.41, 5.74) is 3.49. The average molecular weight is 460 g/mol. The van der Waals surface area contributed by atoms with Crippen LogP contribution in [0, 0.1) is 5.82 Å². The molecular weight excluding hydrogens is 437 g/mol. The van der Waals surface area contributed by atoms with Crippen molar-refractivity contribution in [1.29, 1.82) is 0 Å². The fourth-order valence-corrected chi connectivity index (χ4v) is 5.03. The normalized spacial score (nSPS) is 17.4. The number of benzene rings is 3. The Morgan fingerprint density at radius 3 is 2.48 bits per heavy atom. The molecule has 1 unspecified atom stereocenters. The van der Waals surface area contributed by atoms with Crippen molar-refractivity contribution in [1.82, 2.24) is 14.8 Å². The Hall–Kier alpha value is -3.16. The molecule has 1 fully saturated rings. The SMILES string of the molecule is Fc1cc2c(c(CSc3nnc(C4CC4)n3-c3ccccc3)c1)OC(c1ccccc1)OC2. The number of nitrogens with zero attached hydrogens (tertiary/aromatic N) is 3. The molecule has 0 radical (unpaired) electrons. The standard InChI is InChI=1S/C26H22FN3O2S/c27-21-13-19-15-31-25(18-7-3-1-4-8-18)32-23(19)20(14-21)16-33-26-29-28-24(17-11-12-17)30(26)22-9-5-2-6-10-22/h1-10,13-14,17,25H,11-12,15-16H2. The van der Waals surface area contributed by atoms with Gasteiger partial charge in [0.2, 0.25) is 6.29 Å². The fraction of sp³-hybridized carbons (Fsp3) is 0.231. The highest BCUT2D eigenvalue weighted by Crippen LogP contribution is 2.42. The van der Waals surface area contributed by atoms with Crippen LogP contribution in [0.3, 0.4) is 0 Å². The van der Waals surface area contributed by atoms with E-state index < -0.39 is 6.29 Å². The number of hydrogen-bond donors (Lipinski definition) is 0. The first kappa shape index (κ1) is 20.4. The molecule has 5 nitrogen and oxygen atoms in total. The summed E-state index contributed by atoms with van der Waals surface area (Å²) in [6.45, 7) is 0.302. The van der Waals surface area contributed by atoms with E-state index in [9.17, 15) is 4.39 Å². The van der Waals surface area contributed by atoms with Crippen molar-refractivity contribution in [3.63, 3.8) is 0 Å². The Kier molecular flexibility index (Phi) is 5.36. The quantitative estimate of drug-likeness (QED) is 0.322. The smallest absolute Gasteiger partial charge is 0.227 e. The van der Waals surface area contributed by atoms with Gasteiger partial charge in [0.15, 0.2) is 5.16 Å². The molecule has 2 aliphatic rings. The third-order valence-corrected chi connectivity index (χ3v) is 6.84. The predicted octanol–water partition coefficient (Wildman–Crippen LogP) is 6.18. The molecular formula is C26H22FN3O2S. The molecule has 166 valence electrons. The van der Waals surface area contributed by atoms with Crippen LogP contribution >= 0.6 is 11.8 Å². The molecule has 2 heterocycles. The first-order chi connectivity index (χ1) is 16.3. The molecule has 1 aliphatic carbocycles. The number of rotatable bonds is 6. The predicted molar refractivity (Wildman–Crippen MR) is 124 cm³/mol. The van der Waals surface area contributed by atoms with E-state index in [0.717, 1.165) is 46.2 Å². The van der Waals surface area contributed by atoms with Crippen LogP contribution in [0.25, 0.3) is 5.69 Å². The number of para-hydroxylation sites is 1.